The number of sulfonamides is 1. The van der Waals surface area contributed by atoms with E-state index in [2.05, 4.69) is 4.72 Å². The van der Waals surface area contributed by atoms with Crippen LogP contribution in [0.1, 0.15) is 36.0 Å². The van der Waals surface area contributed by atoms with Crippen LogP contribution >= 0.6 is 0 Å². The average molecular weight is 388 g/mol. The molecule has 1 fully saturated rings. The van der Waals surface area contributed by atoms with Crippen molar-refractivity contribution >= 4 is 21.6 Å². The Kier molecular flexibility index (Phi) is 5.82. The van der Waals surface area contributed by atoms with Crippen LogP contribution in [-0.4, -0.2) is 34.5 Å². The van der Waals surface area contributed by atoms with Gasteiger partial charge in [-0.2, -0.15) is 0 Å². The van der Waals surface area contributed by atoms with E-state index in [1.165, 1.54) is 24.1 Å². The average Bonchev–Trinajstić information content (AvgIpc) is 3.19. The highest BCUT2D eigenvalue weighted by atomic mass is 32.2. The van der Waals surface area contributed by atoms with Gasteiger partial charge in [0, 0.05) is 24.3 Å². The summed E-state index contributed by atoms with van der Waals surface area (Å²) < 4.78 is 33.7. The highest BCUT2D eigenvalue weighted by Crippen LogP contribution is 2.28. The lowest BCUT2D eigenvalue weighted by Gasteiger charge is -2.19. The highest BCUT2D eigenvalue weighted by Gasteiger charge is 2.27. The summed E-state index contributed by atoms with van der Waals surface area (Å²) >= 11 is 0. The molecule has 0 radical (unpaired) electrons. The molecule has 2 aromatic carbocycles. The van der Waals surface area contributed by atoms with Crippen molar-refractivity contribution in [1.82, 2.24) is 4.72 Å². The van der Waals surface area contributed by atoms with E-state index in [-0.39, 0.29) is 28.2 Å². The van der Waals surface area contributed by atoms with E-state index < -0.39 is 10.0 Å². The zero-order valence-electron chi connectivity index (χ0n) is 15.5. The summed E-state index contributed by atoms with van der Waals surface area (Å²) in [6.07, 6.45) is 3.70. The number of rotatable bonds is 6. The monoisotopic (exact) mass is 388 g/mol. The van der Waals surface area contributed by atoms with Gasteiger partial charge in [0.2, 0.25) is 10.0 Å². The molecule has 7 heteroatoms. The summed E-state index contributed by atoms with van der Waals surface area (Å²) in [5.41, 5.74) is 1.01. The first-order valence-corrected chi connectivity index (χ1v) is 10.4. The van der Waals surface area contributed by atoms with Gasteiger partial charge in [-0.05, 0) is 43.2 Å². The zero-order valence-corrected chi connectivity index (χ0v) is 16.3. The maximum absolute atomic E-state index is 12.9. The number of carbonyl (C=O) groups excluding carboxylic acids is 1. The molecular weight excluding hydrogens is 364 g/mol. The summed E-state index contributed by atoms with van der Waals surface area (Å²) in [7, 11) is -0.701. The van der Waals surface area contributed by atoms with Crippen molar-refractivity contribution in [2.45, 2.75) is 36.6 Å². The Balaban J connectivity index is 1.92. The van der Waals surface area contributed by atoms with E-state index in [1.807, 2.05) is 30.3 Å². The lowest BCUT2D eigenvalue weighted by atomic mass is 10.2. The number of anilines is 1. The third-order valence-corrected chi connectivity index (χ3v) is 6.37. The number of amides is 1. The van der Waals surface area contributed by atoms with E-state index in [0.29, 0.717) is 0 Å². The molecule has 0 atom stereocenters. The molecule has 1 amide bonds. The Morgan fingerprint density at radius 1 is 1.11 bits per heavy atom. The fourth-order valence-corrected chi connectivity index (χ4v) is 4.81. The van der Waals surface area contributed by atoms with E-state index in [9.17, 15) is 13.2 Å². The Labute approximate surface area is 160 Å². The number of hydrogen-bond acceptors (Lipinski definition) is 4. The first kappa shape index (κ1) is 19.4. The molecule has 0 unspecified atom stereocenters. The number of hydrogen-bond donors (Lipinski definition) is 1. The van der Waals surface area contributed by atoms with Crippen molar-refractivity contribution in [2.75, 3.05) is 19.1 Å². The topological polar surface area (TPSA) is 75.7 Å². The minimum Gasteiger partial charge on any atom is -0.495 e. The largest absolute Gasteiger partial charge is 0.495 e. The number of benzene rings is 2. The molecule has 3 rings (SSSR count). The number of nitrogens with one attached hydrogen (secondary N) is 1. The number of methoxy groups -OCH3 is 1. The van der Waals surface area contributed by atoms with Crippen LogP contribution in [0.25, 0.3) is 0 Å². The van der Waals surface area contributed by atoms with Crippen LogP contribution in [0.15, 0.2) is 53.4 Å². The van der Waals surface area contributed by atoms with E-state index >= 15 is 0 Å². The molecule has 2 aromatic rings. The van der Waals surface area contributed by atoms with Crippen molar-refractivity contribution in [2.24, 2.45) is 0 Å². The maximum Gasteiger partial charge on any atom is 0.258 e. The molecule has 1 N–H and O–H groups in total. The highest BCUT2D eigenvalue weighted by molar-refractivity contribution is 7.89. The standard InChI is InChI=1S/C20H24N2O4S/c1-22(17-10-4-3-5-11-17)20(23)15-12-13-18(26-2)19(14-15)27(24,25)21-16-8-6-7-9-16/h3-5,10-14,16,21H,6-9H2,1-2H3. The number of ether oxygens (including phenoxy) is 1. The van der Waals surface area contributed by atoms with Crippen molar-refractivity contribution in [3.8, 4) is 5.75 Å². The fourth-order valence-electron chi connectivity index (χ4n) is 3.31. The van der Waals surface area contributed by atoms with Crippen LogP contribution in [0.4, 0.5) is 5.69 Å². The van der Waals surface area contributed by atoms with Crippen LogP contribution in [0.2, 0.25) is 0 Å². The summed E-state index contributed by atoms with van der Waals surface area (Å²) in [5.74, 6) is -0.0689. The van der Waals surface area contributed by atoms with Crippen LogP contribution in [0.3, 0.4) is 0 Å². The number of nitrogens with zero attached hydrogens (tertiary/aromatic N) is 1. The molecule has 0 heterocycles. The van der Waals surface area contributed by atoms with E-state index in [4.69, 9.17) is 4.74 Å². The molecule has 0 spiro atoms. The second kappa shape index (κ2) is 8.10. The quantitative estimate of drug-likeness (QED) is 0.825. The Hall–Kier alpha value is -2.38. The summed E-state index contributed by atoms with van der Waals surface area (Å²) in [6.45, 7) is 0. The lowest BCUT2D eigenvalue weighted by molar-refractivity contribution is 0.0992. The van der Waals surface area contributed by atoms with Gasteiger partial charge in [0.05, 0.1) is 7.11 Å². The summed E-state index contributed by atoms with van der Waals surface area (Å²) in [6, 6.07) is 13.6. The third kappa shape index (κ3) is 4.31. The first-order valence-electron chi connectivity index (χ1n) is 8.96. The Morgan fingerprint density at radius 2 is 1.78 bits per heavy atom. The third-order valence-electron chi connectivity index (χ3n) is 4.83. The smallest absolute Gasteiger partial charge is 0.258 e. The second-order valence-corrected chi connectivity index (χ2v) is 8.35. The molecule has 144 valence electrons. The molecule has 1 aliphatic rings. The van der Waals surface area contributed by atoms with Gasteiger partial charge < -0.3 is 9.64 Å². The molecule has 0 aromatic heterocycles. The minimum absolute atomic E-state index is 0.00999. The molecule has 0 saturated heterocycles. The van der Waals surface area contributed by atoms with Crippen molar-refractivity contribution in [1.29, 1.82) is 0 Å². The number of carbonyl (C=O) groups is 1. The van der Waals surface area contributed by atoms with Gasteiger partial charge in [0.1, 0.15) is 10.6 Å². The molecule has 0 aliphatic heterocycles. The van der Waals surface area contributed by atoms with Crippen LogP contribution < -0.4 is 14.4 Å². The van der Waals surface area contributed by atoms with Gasteiger partial charge in [-0.25, -0.2) is 13.1 Å². The molecule has 6 nitrogen and oxygen atoms in total. The van der Waals surface area contributed by atoms with Gasteiger partial charge in [-0.1, -0.05) is 31.0 Å². The molecular formula is C20H24N2O4S. The van der Waals surface area contributed by atoms with Crippen LogP contribution in [-0.2, 0) is 10.0 Å². The Bertz CT molecular complexity index is 907. The van der Waals surface area contributed by atoms with Gasteiger partial charge >= 0.3 is 0 Å². The Morgan fingerprint density at radius 3 is 2.41 bits per heavy atom. The van der Waals surface area contributed by atoms with Crippen molar-refractivity contribution < 1.29 is 17.9 Å². The van der Waals surface area contributed by atoms with Gasteiger partial charge in [-0.3, -0.25) is 4.79 Å². The predicted octanol–water partition coefficient (Wildman–Crippen LogP) is 3.19. The predicted molar refractivity (Wildman–Crippen MR) is 105 cm³/mol. The molecule has 0 bridgehead atoms. The minimum atomic E-state index is -3.78. The fraction of sp³-hybridized carbons (Fsp3) is 0.350. The van der Waals surface area contributed by atoms with Crippen molar-refractivity contribution in [3.63, 3.8) is 0 Å². The summed E-state index contributed by atoms with van der Waals surface area (Å²) in [5, 5.41) is 0. The normalized spacial score (nSPS) is 14.9. The maximum atomic E-state index is 12.9. The first-order chi connectivity index (χ1) is 12.9. The van der Waals surface area contributed by atoms with E-state index in [1.54, 1.807) is 13.1 Å². The lowest BCUT2D eigenvalue weighted by Crippen LogP contribution is -2.33. The van der Waals surface area contributed by atoms with Crippen LogP contribution in [0.5, 0.6) is 5.75 Å². The van der Waals surface area contributed by atoms with Gasteiger partial charge in [0.15, 0.2) is 0 Å². The van der Waals surface area contributed by atoms with E-state index in [0.717, 1.165) is 31.4 Å². The summed E-state index contributed by atoms with van der Waals surface area (Å²) in [4.78, 5) is 14.3. The van der Waals surface area contributed by atoms with Crippen LogP contribution in [0, 0.1) is 0 Å². The molecule has 1 aliphatic carbocycles. The van der Waals surface area contributed by atoms with Gasteiger partial charge in [0.25, 0.3) is 5.91 Å². The second-order valence-electron chi connectivity index (χ2n) is 6.67. The van der Waals surface area contributed by atoms with Gasteiger partial charge in [-0.15, -0.1) is 0 Å². The molecule has 1 saturated carbocycles. The number of para-hydroxylation sites is 1. The van der Waals surface area contributed by atoms with Crippen molar-refractivity contribution in [3.05, 3.63) is 54.1 Å². The zero-order chi connectivity index (χ0) is 19.4. The SMILES string of the molecule is COc1ccc(C(=O)N(C)c2ccccc2)cc1S(=O)(=O)NC1CCCC1. The molecule has 27 heavy (non-hydrogen) atoms.